The quantitative estimate of drug-likeness (QED) is 0.788. The molecule has 5 heteroatoms. The predicted octanol–water partition coefficient (Wildman–Crippen LogP) is 2.99. The van der Waals surface area contributed by atoms with Crippen LogP contribution in [0.25, 0.3) is 5.69 Å². The molecule has 0 saturated heterocycles. The Bertz CT molecular complexity index is 796. The molecule has 0 radical (unpaired) electrons. The van der Waals surface area contributed by atoms with E-state index in [0.29, 0.717) is 17.8 Å². The molecular weight excluding hydrogens is 293 g/mol. The summed E-state index contributed by atoms with van der Waals surface area (Å²) < 4.78 is 15.1. The first-order chi connectivity index (χ1) is 11.2. The molecule has 0 aliphatic heterocycles. The summed E-state index contributed by atoms with van der Waals surface area (Å²) in [5, 5.41) is 17.5. The van der Waals surface area contributed by atoms with E-state index in [-0.39, 0.29) is 12.4 Å². The van der Waals surface area contributed by atoms with Gasteiger partial charge < -0.3 is 5.11 Å². The van der Waals surface area contributed by atoms with Gasteiger partial charge in [0.15, 0.2) is 0 Å². The SMILES string of the molecule is Cc1ccc(CCc2c(CO)nnn2-c2cccc(F)c2)cc1. The maximum Gasteiger partial charge on any atom is 0.125 e. The highest BCUT2D eigenvalue weighted by Crippen LogP contribution is 2.17. The van der Waals surface area contributed by atoms with Gasteiger partial charge in [-0.3, -0.25) is 0 Å². The second-order valence-electron chi connectivity index (χ2n) is 5.52. The van der Waals surface area contributed by atoms with Crippen LogP contribution < -0.4 is 0 Å². The Labute approximate surface area is 134 Å². The van der Waals surface area contributed by atoms with Crippen LogP contribution in [0.3, 0.4) is 0 Å². The van der Waals surface area contributed by atoms with Crippen molar-refractivity contribution in [3.05, 3.63) is 76.9 Å². The number of aliphatic hydroxyl groups is 1. The molecule has 4 nitrogen and oxygen atoms in total. The van der Waals surface area contributed by atoms with Crippen LogP contribution in [0.2, 0.25) is 0 Å². The van der Waals surface area contributed by atoms with Crippen molar-refractivity contribution in [1.29, 1.82) is 0 Å². The van der Waals surface area contributed by atoms with Crippen LogP contribution >= 0.6 is 0 Å². The lowest BCUT2D eigenvalue weighted by Gasteiger charge is -2.08. The first-order valence-electron chi connectivity index (χ1n) is 7.53. The van der Waals surface area contributed by atoms with E-state index >= 15 is 0 Å². The van der Waals surface area contributed by atoms with Gasteiger partial charge in [-0.05, 0) is 43.5 Å². The lowest BCUT2D eigenvalue weighted by atomic mass is 10.1. The van der Waals surface area contributed by atoms with Gasteiger partial charge in [-0.25, -0.2) is 9.07 Å². The van der Waals surface area contributed by atoms with Crippen molar-refractivity contribution >= 4 is 0 Å². The molecule has 23 heavy (non-hydrogen) atoms. The van der Waals surface area contributed by atoms with Gasteiger partial charge in [-0.1, -0.05) is 41.1 Å². The van der Waals surface area contributed by atoms with Crippen molar-refractivity contribution in [3.63, 3.8) is 0 Å². The monoisotopic (exact) mass is 311 g/mol. The largest absolute Gasteiger partial charge is 0.390 e. The highest BCUT2D eigenvalue weighted by molar-refractivity contribution is 5.34. The van der Waals surface area contributed by atoms with Crippen LogP contribution in [0.5, 0.6) is 0 Å². The van der Waals surface area contributed by atoms with Gasteiger partial charge in [0.2, 0.25) is 0 Å². The summed E-state index contributed by atoms with van der Waals surface area (Å²) in [4.78, 5) is 0. The number of aryl methyl sites for hydroxylation is 2. The van der Waals surface area contributed by atoms with E-state index in [9.17, 15) is 9.50 Å². The molecule has 1 heterocycles. The predicted molar refractivity (Wildman–Crippen MR) is 85.8 cm³/mol. The smallest absolute Gasteiger partial charge is 0.125 e. The van der Waals surface area contributed by atoms with Gasteiger partial charge in [-0.15, -0.1) is 5.10 Å². The Morgan fingerprint density at radius 1 is 1.09 bits per heavy atom. The van der Waals surface area contributed by atoms with Crippen molar-refractivity contribution < 1.29 is 9.50 Å². The summed E-state index contributed by atoms with van der Waals surface area (Å²) in [6.45, 7) is 1.87. The highest BCUT2D eigenvalue weighted by Gasteiger charge is 2.14. The molecule has 3 aromatic rings. The zero-order chi connectivity index (χ0) is 16.2. The molecule has 2 aromatic carbocycles. The third kappa shape index (κ3) is 3.46. The fourth-order valence-corrected chi connectivity index (χ4v) is 2.54. The molecule has 0 aliphatic rings. The molecule has 0 saturated carbocycles. The summed E-state index contributed by atoms with van der Waals surface area (Å²) in [7, 11) is 0. The van der Waals surface area contributed by atoms with Crippen LogP contribution in [-0.2, 0) is 19.4 Å². The van der Waals surface area contributed by atoms with Gasteiger partial charge >= 0.3 is 0 Å². The lowest BCUT2D eigenvalue weighted by Crippen LogP contribution is -2.06. The average molecular weight is 311 g/mol. The number of nitrogens with zero attached hydrogens (tertiary/aromatic N) is 3. The van der Waals surface area contributed by atoms with E-state index in [1.54, 1.807) is 16.8 Å². The third-order valence-corrected chi connectivity index (χ3v) is 3.82. The van der Waals surface area contributed by atoms with Crippen molar-refractivity contribution in [2.45, 2.75) is 26.4 Å². The number of aliphatic hydroxyl groups excluding tert-OH is 1. The van der Waals surface area contributed by atoms with Crippen molar-refractivity contribution in [2.24, 2.45) is 0 Å². The maximum absolute atomic E-state index is 13.5. The zero-order valence-corrected chi connectivity index (χ0v) is 12.9. The second-order valence-corrected chi connectivity index (χ2v) is 5.52. The number of halogens is 1. The van der Waals surface area contributed by atoms with Crippen LogP contribution in [-0.4, -0.2) is 20.1 Å². The van der Waals surface area contributed by atoms with Crippen LogP contribution in [0.15, 0.2) is 48.5 Å². The van der Waals surface area contributed by atoms with Gasteiger partial charge in [-0.2, -0.15) is 0 Å². The fourth-order valence-electron chi connectivity index (χ4n) is 2.54. The molecule has 0 spiro atoms. The van der Waals surface area contributed by atoms with Crippen molar-refractivity contribution in [2.75, 3.05) is 0 Å². The molecule has 0 unspecified atom stereocenters. The first-order valence-corrected chi connectivity index (χ1v) is 7.53. The van der Waals surface area contributed by atoms with E-state index in [1.807, 2.05) is 0 Å². The van der Waals surface area contributed by atoms with E-state index in [2.05, 4.69) is 41.5 Å². The van der Waals surface area contributed by atoms with E-state index in [4.69, 9.17) is 0 Å². The Hall–Kier alpha value is -2.53. The van der Waals surface area contributed by atoms with E-state index < -0.39 is 0 Å². The third-order valence-electron chi connectivity index (χ3n) is 3.82. The molecular formula is C18H18FN3O. The van der Waals surface area contributed by atoms with Crippen molar-refractivity contribution in [3.8, 4) is 5.69 Å². The zero-order valence-electron chi connectivity index (χ0n) is 12.9. The number of hydrogen-bond donors (Lipinski definition) is 1. The van der Waals surface area contributed by atoms with Gasteiger partial charge in [0.25, 0.3) is 0 Å². The molecule has 0 aliphatic carbocycles. The Morgan fingerprint density at radius 3 is 2.57 bits per heavy atom. The molecule has 3 rings (SSSR count). The molecule has 1 N–H and O–H groups in total. The number of benzene rings is 2. The molecule has 118 valence electrons. The molecule has 0 amide bonds. The minimum absolute atomic E-state index is 0.182. The Kier molecular flexibility index (Phi) is 4.48. The summed E-state index contributed by atoms with van der Waals surface area (Å²) in [5.41, 5.74) is 4.36. The summed E-state index contributed by atoms with van der Waals surface area (Å²) in [6, 6.07) is 14.5. The standard InChI is InChI=1S/C18H18FN3O/c1-13-5-7-14(8-6-13)9-10-18-17(12-23)20-21-22(18)16-4-2-3-15(19)11-16/h2-8,11,23H,9-10,12H2,1H3. The Balaban J connectivity index is 1.88. The van der Waals surface area contributed by atoms with Gasteiger partial charge in [0, 0.05) is 0 Å². The van der Waals surface area contributed by atoms with Crippen LogP contribution in [0.4, 0.5) is 4.39 Å². The number of hydrogen-bond acceptors (Lipinski definition) is 3. The number of rotatable bonds is 5. The minimum Gasteiger partial charge on any atom is -0.390 e. The highest BCUT2D eigenvalue weighted by atomic mass is 19.1. The summed E-state index contributed by atoms with van der Waals surface area (Å²) in [5.74, 6) is -0.326. The summed E-state index contributed by atoms with van der Waals surface area (Å²) in [6.07, 6.45) is 1.47. The summed E-state index contributed by atoms with van der Waals surface area (Å²) >= 11 is 0. The van der Waals surface area contributed by atoms with Crippen LogP contribution in [0.1, 0.15) is 22.5 Å². The topological polar surface area (TPSA) is 50.9 Å². The molecule has 0 fully saturated rings. The van der Waals surface area contributed by atoms with E-state index in [1.165, 1.54) is 23.3 Å². The molecule has 0 atom stereocenters. The molecule has 0 bridgehead atoms. The van der Waals surface area contributed by atoms with Gasteiger partial charge in [0.1, 0.15) is 11.5 Å². The fraction of sp³-hybridized carbons (Fsp3) is 0.222. The average Bonchev–Trinajstić information content (AvgIpc) is 2.97. The van der Waals surface area contributed by atoms with Crippen molar-refractivity contribution in [1.82, 2.24) is 15.0 Å². The maximum atomic E-state index is 13.5. The minimum atomic E-state index is -0.326. The van der Waals surface area contributed by atoms with E-state index in [0.717, 1.165) is 12.1 Å². The van der Waals surface area contributed by atoms with Crippen LogP contribution in [0, 0.1) is 12.7 Å². The second kappa shape index (κ2) is 6.71. The Morgan fingerprint density at radius 2 is 1.87 bits per heavy atom. The normalized spacial score (nSPS) is 10.9. The first kappa shape index (κ1) is 15.4. The number of aromatic nitrogens is 3. The lowest BCUT2D eigenvalue weighted by molar-refractivity contribution is 0.275. The molecule has 1 aromatic heterocycles. The van der Waals surface area contributed by atoms with Gasteiger partial charge in [0.05, 0.1) is 18.0 Å².